The average Bonchev–Trinajstić information content (AvgIpc) is 1.66. The fraction of sp³-hybridized carbons (Fsp3) is 0.667. The molecule has 0 saturated carbocycles. The van der Waals surface area contributed by atoms with Gasteiger partial charge in [-0.05, 0) is 0 Å². The number of carboxylic acid groups (broad SMARTS) is 1. The fourth-order valence-electron chi connectivity index (χ4n) is 0.172. The molecule has 0 aliphatic rings. The van der Waals surface area contributed by atoms with E-state index >= 15 is 0 Å². The van der Waals surface area contributed by atoms with Crippen LogP contribution in [0.4, 0.5) is 4.79 Å². The SMILES string of the molecule is N.NCCNOC(=O)O.[Ca+2].[H-].[H-]. The van der Waals surface area contributed by atoms with Gasteiger partial charge in [0.15, 0.2) is 0 Å². The number of rotatable bonds is 3. The van der Waals surface area contributed by atoms with Gasteiger partial charge in [-0.15, -0.1) is 5.48 Å². The second-order valence-corrected chi connectivity index (χ2v) is 1.05. The van der Waals surface area contributed by atoms with Crippen molar-refractivity contribution in [3.05, 3.63) is 0 Å². The monoisotopic (exact) mass is 179 g/mol. The van der Waals surface area contributed by atoms with E-state index in [1.165, 1.54) is 0 Å². The fourth-order valence-corrected chi connectivity index (χ4v) is 0.172. The van der Waals surface area contributed by atoms with Gasteiger partial charge in [-0.1, -0.05) is 0 Å². The maximum Gasteiger partial charge on any atom is 2.00 e. The van der Waals surface area contributed by atoms with Crippen molar-refractivity contribution in [1.29, 1.82) is 0 Å². The largest absolute Gasteiger partial charge is 2.00 e. The summed E-state index contributed by atoms with van der Waals surface area (Å²) in [4.78, 5) is 13.4. The molecular weight excluding hydrogens is 166 g/mol. The summed E-state index contributed by atoms with van der Waals surface area (Å²) in [7, 11) is 0. The molecule has 0 radical (unpaired) electrons. The van der Waals surface area contributed by atoms with Crippen LogP contribution in [0.15, 0.2) is 0 Å². The van der Waals surface area contributed by atoms with Crippen LogP contribution in [-0.4, -0.2) is 62.1 Å². The molecule has 0 amide bonds. The molecular formula is C3H13CaN3O3. The van der Waals surface area contributed by atoms with E-state index in [1.54, 1.807) is 0 Å². The second kappa shape index (κ2) is 12.1. The van der Waals surface area contributed by atoms with E-state index in [0.717, 1.165) is 0 Å². The van der Waals surface area contributed by atoms with Gasteiger partial charge in [0, 0.05) is 13.1 Å². The van der Waals surface area contributed by atoms with Crippen molar-refractivity contribution in [2.45, 2.75) is 0 Å². The minimum absolute atomic E-state index is 0. The predicted molar refractivity (Wildman–Crippen MR) is 39.2 cm³/mol. The molecule has 0 bridgehead atoms. The van der Waals surface area contributed by atoms with Crippen molar-refractivity contribution in [2.24, 2.45) is 5.73 Å². The summed E-state index contributed by atoms with van der Waals surface area (Å²) in [5.74, 6) is 0. The molecule has 0 saturated heterocycles. The van der Waals surface area contributed by atoms with Crippen LogP contribution in [-0.2, 0) is 4.84 Å². The van der Waals surface area contributed by atoms with E-state index in [2.05, 4.69) is 10.3 Å². The summed E-state index contributed by atoms with van der Waals surface area (Å²) in [6.07, 6.45) is -1.35. The number of carbonyl (C=O) groups is 1. The molecule has 7 heteroatoms. The Hall–Kier alpha value is 0.410. The van der Waals surface area contributed by atoms with E-state index in [0.29, 0.717) is 13.1 Å². The van der Waals surface area contributed by atoms with Crippen LogP contribution in [0.5, 0.6) is 0 Å². The van der Waals surface area contributed by atoms with Gasteiger partial charge in [0.25, 0.3) is 0 Å². The van der Waals surface area contributed by atoms with Crippen LogP contribution >= 0.6 is 0 Å². The Morgan fingerprint density at radius 3 is 2.60 bits per heavy atom. The summed E-state index contributed by atoms with van der Waals surface area (Å²) in [5, 5.41) is 7.81. The third-order valence-electron chi connectivity index (χ3n) is 0.406. The van der Waals surface area contributed by atoms with E-state index < -0.39 is 6.16 Å². The zero-order valence-electron chi connectivity index (χ0n) is 7.67. The first-order chi connectivity index (χ1) is 3.77. The average molecular weight is 179 g/mol. The summed E-state index contributed by atoms with van der Waals surface area (Å²) in [6, 6.07) is 0. The predicted octanol–water partition coefficient (Wildman–Crippen LogP) is -0.850. The van der Waals surface area contributed by atoms with Gasteiger partial charge in [0.2, 0.25) is 0 Å². The zero-order chi connectivity index (χ0) is 6.41. The van der Waals surface area contributed by atoms with Crippen LogP contribution < -0.4 is 17.4 Å². The Kier molecular flexibility index (Phi) is 20.3. The van der Waals surface area contributed by atoms with E-state index in [9.17, 15) is 4.79 Å². The summed E-state index contributed by atoms with van der Waals surface area (Å²) >= 11 is 0. The summed E-state index contributed by atoms with van der Waals surface area (Å²) in [5.41, 5.74) is 7.09. The molecule has 0 aromatic carbocycles. The van der Waals surface area contributed by atoms with E-state index in [4.69, 9.17) is 10.8 Å². The molecule has 6 nitrogen and oxygen atoms in total. The number of hydroxylamine groups is 1. The molecule has 0 heterocycles. The molecule has 0 fully saturated rings. The molecule has 0 aliphatic carbocycles. The molecule has 0 rings (SSSR count). The summed E-state index contributed by atoms with van der Waals surface area (Å²) < 4.78 is 0. The molecule has 0 aromatic rings. The standard InChI is InChI=1S/C3H8N2O3.Ca.H3N.2H/c4-1-2-5-8-3(6)7;;;;/h5H,1-2,4H2,(H,6,7);;1H3;;/q;+2;;2*-1. The van der Waals surface area contributed by atoms with Crippen molar-refractivity contribution in [2.75, 3.05) is 13.1 Å². The van der Waals surface area contributed by atoms with Gasteiger partial charge in [-0.3, -0.25) is 0 Å². The summed E-state index contributed by atoms with van der Waals surface area (Å²) in [6.45, 7) is 0.694. The van der Waals surface area contributed by atoms with Crippen LogP contribution in [0, 0.1) is 0 Å². The number of nitrogens with one attached hydrogen (secondary N) is 1. The molecule has 0 atom stereocenters. The quantitative estimate of drug-likeness (QED) is 0.254. The molecule has 7 N–H and O–H groups in total. The molecule has 0 unspecified atom stereocenters. The molecule has 10 heavy (non-hydrogen) atoms. The molecule has 60 valence electrons. The topological polar surface area (TPSA) is 120 Å². The van der Waals surface area contributed by atoms with Crippen LogP contribution in [0.2, 0.25) is 0 Å². The Morgan fingerprint density at radius 1 is 1.80 bits per heavy atom. The van der Waals surface area contributed by atoms with Gasteiger partial charge in [0.1, 0.15) is 0 Å². The number of hydrogen-bond acceptors (Lipinski definition) is 5. The van der Waals surface area contributed by atoms with Gasteiger partial charge >= 0.3 is 43.9 Å². The molecule has 0 aromatic heterocycles. The van der Waals surface area contributed by atoms with Crippen LogP contribution in [0.1, 0.15) is 2.85 Å². The van der Waals surface area contributed by atoms with Gasteiger partial charge in [-0.2, -0.15) is 0 Å². The minimum Gasteiger partial charge on any atom is -1.00 e. The maximum atomic E-state index is 9.55. The Balaban J connectivity index is -0.0000000408. The first kappa shape index (κ1) is 16.8. The normalized spacial score (nSPS) is 6.90. The van der Waals surface area contributed by atoms with Crippen molar-refractivity contribution in [1.82, 2.24) is 11.6 Å². The first-order valence-electron chi connectivity index (χ1n) is 2.10. The molecule has 0 spiro atoms. The third kappa shape index (κ3) is 15.8. The zero-order valence-corrected chi connectivity index (χ0v) is 7.88. The van der Waals surface area contributed by atoms with E-state index in [1.807, 2.05) is 0 Å². The van der Waals surface area contributed by atoms with Crippen LogP contribution in [0.25, 0.3) is 0 Å². The van der Waals surface area contributed by atoms with Crippen LogP contribution in [0.3, 0.4) is 0 Å². The van der Waals surface area contributed by atoms with Crippen molar-refractivity contribution < 1.29 is 17.6 Å². The Labute approximate surface area is 91.6 Å². The van der Waals surface area contributed by atoms with Crippen molar-refractivity contribution in [3.63, 3.8) is 0 Å². The van der Waals surface area contributed by atoms with Crippen molar-refractivity contribution >= 4 is 43.9 Å². The van der Waals surface area contributed by atoms with Gasteiger partial charge in [0.05, 0.1) is 0 Å². The smallest absolute Gasteiger partial charge is 1.00 e. The third-order valence-corrected chi connectivity index (χ3v) is 0.406. The second-order valence-electron chi connectivity index (χ2n) is 1.05. The number of hydrogen-bond donors (Lipinski definition) is 4. The van der Waals surface area contributed by atoms with E-state index in [-0.39, 0.29) is 46.7 Å². The minimum atomic E-state index is -1.35. The first-order valence-corrected chi connectivity index (χ1v) is 2.10. The Morgan fingerprint density at radius 2 is 2.30 bits per heavy atom. The van der Waals surface area contributed by atoms with Crippen molar-refractivity contribution in [3.8, 4) is 0 Å². The van der Waals surface area contributed by atoms with Gasteiger partial charge < -0.3 is 24.7 Å². The maximum absolute atomic E-state index is 9.55. The number of nitrogens with two attached hydrogens (primary N) is 1. The molecule has 0 aliphatic heterocycles. The Bertz CT molecular complexity index is 89.2. The van der Waals surface area contributed by atoms with Gasteiger partial charge in [-0.25, -0.2) is 4.79 Å².